The molecule has 2 bridgehead atoms. The number of esters is 1. The number of rotatable bonds is 10. The van der Waals surface area contributed by atoms with E-state index in [1.807, 2.05) is 51.1 Å². The number of hydrogen-bond acceptors (Lipinski definition) is 5. The van der Waals surface area contributed by atoms with Crippen LogP contribution >= 0.6 is 0 Å². The van der Waals surface area contributed by atoms with Crippen molar-refractivity contribution in [3.8, 4) is 0 Å². The Labute approximate surface area is 224 Å². The number of ether oxygens (including phenoxy) is 1. The van der Waals surface area contributed by atoms with Gasteiger partial charge in [-0.15, -0.1) is 0 Å². The van der Waals surface area contributed by atoms with Gasteiger partial charge in [0.2, 0.25) is 17.7 Å². The van der Waals surface area contributed by atoms with Crippen LogP contribution in [-0.4, -0.2) is 41.2 Å². The Balaban J connectivity index is 1.55. The van der Waals surface area contributed by atoms with Crippen LogP contribution in [0.15, 0.2) is 54.6 Å². The Morgan fingerprint density at radius 1 is 1.03 bits per heavy atom. The highest BCUT2D eigenvalue weighted by atomic mass is 16.5. The summed E-state index contributed by atoms with van der Waals surface area (Å²) in [5, 5.41) is 2.87. The van der Waals surface area contributed by atoms with Gasteiger partial charge in [0.05, 0.1) is 17.6 Å². The van der Waals surface area contributed by atoms with Gasteiger partial charge in [-0.05, 0) is 54.5 Å². The first-order valence-corrected chi connectivity index (χ1v) is 13.6. The van der Waals surface area contributed by atoms with E-state index in [2.05, 4.69) is 12.2 Å². The van der Waals surface area contributed by atoms with Crippen LogP contribution in [0.3, 0.4) is 0 Å². The standard InChI is InChI=1S/C31H38N2O5/c1-5-6-10-19-38-28(36)22-13-15-23(16-14-22)32-26(34)25(20-21-11-8-7-9-12-21)33-27(35)24-17-18-31(4,29(33)37)30(24,2)3/h7-9,11-16,24-25H,5-6,10,17-20H2,1-4H3,(H,32,34). The van der Waals surface area contributed by atoms with Crippen molar-refractivity contribution in [1.29, 1.82) is 0 Å². The molecular formula is C31H38N2O5. The van der Waals surface area contributed by atoms with Gasteiger partial charge in [-0.3, -0.25) is 19.3 Å². The first-order valence-electron chi connectivity index (χ1n) is 13.6. The lowest BCUT2D eigenvalue weighted by Crippen LogP contribution is -2.64. The number of carbonyl (C=O) groups excluding carboxylic acids is 4. The maximum atomic E-state index is 13.8. The maximum Gasteiger partial charge on any atom is 0.338 e. The van der Waals surface area contributed by atoms with Crippen LogP contribution in [0, 0.1) is 16.7 Å². The third-order valence-electron chi connectivity index (χ3n) is 8.71. The molecule has 0 radical (unpaired) electrons. The largest absolute Gasteiger partial charge is 0.462 e. The fourth-order valence-corrected chi connectivity index (χ4v) is 5.80. The molecule has 3 amide bonds. The molecule has 3 atom stereocenters. The van der Waals surface area contributed by atoms with Gasteiger partial charge in [-0.1, -0.05) is 70.9 Å². The zero-order valence-electron chi connectivity index (χ0n) is 22.8. The molecule has 2 aliphatic rings. The van der Waals surface area contributed by atoms with Crippen LogP contribution < -0.4 is 5.32 Å². The van der Waals surface area contributed by atoms with Crippen molar-refractivity contribution in [1.82, 2.24) is 4.90 Å². The summed E-state index contributed by atoms with van der Waals surface area (Å²) in [7, 11) is 0. The van der Waals surface area contributed by atoms with Gasteiger partial charge in [0, 0.05) is 18.0 Å². The smallest absolute Gasteiger partial charge is 0.338 e. The zero-order chi connectivity index (χ0) is 27.5. The molecular weight excluding hydrogens is 480 g/mol. The summed E-state index contributed by atoms with van der Waals surface area (Å²) in [6, 6.07) is 14.9. The lowest BCUT2D eigenvalue weighted by molar-refractivity contribution is -0.172. The molecule has 1 saturated heterocycles. The topological polar surface area (TPSA) is 92.8 Å². The van der Waals surface area contributed by atoms with E-state index in [4.69, 9.17) is 4.74 Å². The molecule has 3 unspecified atom stereocenters. The second kappa shape index (κ2) is 11.1. The van der Waals surface area contributed by atoms with Crippen molar-refractivity contribution in [2.45, 2.75) is 72.3 Å². The number of likely N-dealkylation sites (tertiary alicyclic amines) is 1. The summed E-state index contributed by atoms with van der Waals surface area (Å²) in [5.41, 5.74) is 0.555. The number of unbranched alkanes of at least 4 members (excludes halogenated alkanes) is 2. The number of nitrogens with zero attached hydrogens (tertiary/aromatic N) is 1. The van der Waals surface area contributed by atoms with Gasteiger partial charge in [0.1, 0.15) is 6.04 Å². The molecule has 1 aliphatic carbocycles. The van der Waals surface area contributed by atoms with Crippen molar-refractivity contribution in [2.24, 2.45) is 16.7 Å². The molecule has 1 saturated carbocycles. The molecule has 0 aromatic heterocycles. The van der Waals surface area contributed by atoms with Crippen molar-refractivity contribution in [2.75, 3.05) is 11.9 Å². The fourth-order valence-electron chi connectivity index (χ4n) is 5.80. The predicted molar refractivity (Wildman–Crippen MR) is 145 cm³/mol. The molecule has 2 fully saturated rings. The van der Waals surface area contributed by atoms with Crippen molar-refractivity contribution in [3.05, 3.63) is 65.7 Å². The average molecular weight is 519 g/mol. The molecule has 2 aromatic rings. The number of fused-ring (bicyclic) bond motifs is 2. The van der Waals surface area contributed by atoms with Gasteiger partial charge in [-0.25, -0.2) is 4.79 Å². The lowest BCUT2D eigenvalue weighted by atomic mass is 9.62. The van der Waals surface area contributed by atoms with Crippen molar-refractivity contribution >= 4 is 29.4 Å². The van der Waals surface area contributed by atoms with Crippen LogP contribution in [0.2, 0.25) is 0 Å². The van der Waals surface area contributed by atoms with Crippen LogP contribution in [0.1, 0.15) is 75.7 Å². The minimum absolute atomic E-state index is 0.218. The summed E-state index contributed by atoms with van der Waals surface area (Å²) in [4.78, 5) is 54.7. The van der Waals surface area contributed by atoms with Crippen LogP contribution in [0.5, 0.6) is 0 Å². The quantitative estimate of drug-likeness (QED) is 0.258. The Bertz CT molecular complexity index is 1190. The Hall–Kier alpha value is -3.48. The summed E-state index contributed by atoms with van der Waals surface area (Å²) in [6.45, 7) is 8.36. The van der Waals surface area contributed by atoms with E-state index in [-0.39, 0.29) is 24.2 Å². The van der Waals surface area contributed by atoms with E-state index >= 15 is 0 Å². The highest BCUT2D eigenvalue weighted by Crippen LogP contribution is 2.60. The third-order valence-corrected chi connectivity index (χ3v) is 8.71. The summed E-state index contributed by atoms with van der Waals surface area (Å²) in [6.07, 6.45) is 4.35. The monoisotopic (exact) mass is 518 g/mol. The summed E-state index contributed by atoms with van der Waals surface area (Å²) >= 11 is 0. The maximum absolute atomic E-state index is 13.8. The zero-order valence-corrected chi connectivity index (χ0v) is 22.8. The number of benzene rings is 2. The predicted octanol–water partition coefficient (Wildman–Crippen LogP) is 5.39. The molecule has 202 valence electrons. The van der Waals surface area contributed by atoms with Crippen molar-refractivity contribution in [3.63, 3.8) is 0 Å². The van der Waals surface area contributed by atoms with E-state index in [1.165, 1.54) is 4.90 Å². The normalized spacial score (nSPS) is 22.7. The molecule has 1 aliphatic heterocycles. The molecule has 7 nitrogen and oxygen atoms in total. The van der Waals surface area contributed by atoms with Crippen LogP contribution in [-0.2, 0) is 25.5 Å². The summed E-state index contributed by atoms with van der Waals surface area (Å²) in [5.74, 6) is -1.70. The van der Waals surface area contributed by atoms with E-state index < -0.39 is 28.7 Å². The number of amides is 3. The fraction of sp³-hybridized carbons (Fsp3) is 0.484. The number of carbonyl (C=O) groups is 4. The highest BCUT2D eigenvalue weighted by Gasteiger charge is 2.65. The number of imide groups is 1. The number of piperidine rings is 1. The molecule has 2 aromatic carbocycles. The third kappa shape index (κ3) is 5.11. The van der Waals surface area contributed by atoms with E-state index in [9.17, 15) is 19.2 Å². The molecule has 7 heteroatoms. The summed E-state index contributed by atoms with van der Waals surface area (Å²) < 4.78 is 5.30. The Morgan fingerprint density at radius 2 is 1.71 bits per heavy atom. The second-order valence-corrected chi connectivity index (χ2v) is 11.3. The number of hydrogen-bond donors (Lipinski definition) is 1. The highest BCUT2D eigenvalue weighted by molar-refractivity contribution is 6.09. The van der Waals surface area contributed by atoms with Gasteiger partial charge in [0.25, 0.3) is 0 Å². The lowest BCUT2D eigenvalue weighted by Gasteiger charge is -2.49. The number of anilines is 1. The van der Waals surface area contributed by atoms with E-state index in [0.717, 1.165) is 24.8 Å². The van der Waals surface area contributed by atoms with Gasteiger partial charge in [-0.2, -0.15) is 0 Å². The molecule has 1 N–H and O–H groups in total. The van der Waals surface area contributed by atoms with E-state index in [0.29, 0.717) is 30.7 Å². The average Bonchev–Trinajstić information content (AvgIpc) is 3.09. The first-order chi connectivity index (χ1) is 18.1. The Morgan fingerprint density at radius 3 is 2.37 bits per heavy atom. The minimum atomic E-state index is -0.989. The number of nitrogens with one attached hydrogen (secondary N) is 1. The molecule has 4 rings (SSSR count). The van der Waals surface area contributed by atoms with Crippen LogP contribution in [0.25, 0.3) is 0 Å². The van der Waals surface area contributed by atoms with Gasteiger partial charge < -0.3 is 10.1 Å². The second-order valence-electron chi connectivity index (χ2n) is 11.3. The van der Waals surface area contributed by atoms with Gasteiger partial charge in [0.15, 0.2) is 0 Å². The SMILES string of the molecule is CCCCCOC(=O)c1ccc(NC(=O)C(Cc2ccccc2)N2C(=O)C3CCC(C)(C2=O)C3(C)C)cc1. The molecule has 1 heterocycles. The van der Waals surface area contributed by atoms with Gasteiger partial charge >= 0.3 is 5.97 Å². The molecule has 38 heavy (non-hydrogen) atoms. The van der Waals surface area contributed by atoms with Crippen LogP contribution in [0.4, 0.5) is 5.69 Å². The van der Waals surface area contributed by atoms with Crippen molar-refractivity contribution < 1.29 is 23.9 Å². The van der Waals surface area contributed by atoms with E-state index in [1.54, 1.807) is 24.3 Å². The molecule has 0 spiro atoms. The Kier molecular flexibility index (Phi) is 8.05. The minimum Gasteiger partial charge on any atom is -0.462 e. The first kappa shape index (κ1) is 27.6.